The van der Waals surface area contributed by atoms with Crippen molar-refractivity contribution in [2.75, 3.05) is 25.5 Å². The first-order valence-corrected chi connectivity index (χ1v) is 9.16. The molecule has 1 fully saturated rings. The first kappa shape index (κ1) is 18.2. The quantitative estimate of drug-likeness (QED) is 0.783. The van der Waals surface area contributed by atoms with E-state index in [1.807, 2.05) is 38.1 Å². The average Bonchev–Trinajstić information content (AvgIpc) is 3.04. The molecule has 8 nitrogen and oxygen atoms in total. The lowest BCUT2D eigenvalue weighted by atomic mass is 9.94. The number of nitrogens with zero attached hydrogens (tertiary/aromatic N) is 6. The summed E-state index contributed by atoms with van der Waals surface area (Å²) in [6.45, 7) is 2.49. The molecule has 1 heterocycles. The van der Waals surface area contributed by atoms with Crippen LogP contribution < -0.4 is 10.6 Å². The topological polar surface area (TPSA) is 76.3 Å². The van der Waals surface area contributed by atoms with E-state index in [1.54, 1.807) is 17.0 Å². The zero-order valence-corrected chi connectivity index (χ0v) is 15.6. The van der Waals surface area contributed by atoms with Gasteiger partial charge in [0, 0.05) is 32.4 Å². The van der Waals surface area contributed by atoms with Gasteiger partial charge in [0.2, 0.25) is 0 Å². The van der Waals surface area contributed by atoms with Crippen LogP contribution in [0.1, 0.15) is 39.0 Å². The summed E-state index contributed by atoms with van der Waals surface area (Å²) in [6.07, 6.45) is 5.41. The molecule has 0 unspecified atom stereocenters. The Labute approximate surface area is 153 Å². The molecule has 1 amide bonds. The number of hydrogen-bond acceptors (Lipinski definition) is 5. The van der Waals surface area contributed by atoms with Crippen LogP contribution in [-0.2, 0) is 0 Å². The summed E-state index contributed by atoms with van der Waals surface area (Å²) in [6, 6.07) is 7.16. The van der Waals surface area contributed by atoms with Crippen LogP contribution in [-0.4, -0.2) is 57.4 Å². The third-order valence-electron chi connectivity index (χ3n) is 4.97. The molecule has 26 heavy (non-hydrogen) atoms. The Hall–Kier alpha value is -2.64. The highest BCUT2D eigenvalue weighted by Gasteiger charge is 2.27. The predicted molar refractivity (Wildman–Crippen MR) is 100.0 cm³/mol. The maximum Gasteiger partial charge on any atom is 0.377 e. The van der Waals surface area contributed by atoms with Gasteiger partial charge in [-0.1, -0.05) is 19.3 Å². The first-order chi connectivity index (χ1) is 12.5. The minimum Gasteiger partial charge on any atom is -0.378 e. The highest BCUT2D eigenvalue weighted by atomic mass is 16.2. The molecule has 0 atom stereocenters. The fraction of sp³-hybridized carbons (Fsp3) is 0.556. The van der Waals surface area contributed by atoms with E-state index in [0.717, 1.165) is 40.7 Å². The summed E-state index contributed by atoms with van der Waals surface area (Å²) in [5, 5.41) is 7.73. The van der Waals surface area contributed by atoms with Crippen molar-refractivity contribution in [2.45, 2.75) is 45.1 Å². The number of rotatable bonds is 4. The summed E-state index contributed by atoms with van der Waals surface area (Å²) in [5.41, 5.74) is 1.06. The molecule has 1 aromatic carbocycles. The molecule has 1 aliphatic rings. The molecule has 0 bridgehead atoms. The van der Waals surface area contributed by atoms with E-state index < -0.39 is 5.69 Å². The molecule has 8 heteroatoms. The molecular formula is C18H26N6O2. The largest absolute Gasteiger partial charge is 0.378 e. The zero-order valence-electron chi connectivity index (χ0n) is 15.6. The van der Waals surface area contributed by atoms with Crippen molar-refractivity contribution in [3.8, 4) is 5.69 Å². The van der Waals surface area contributed by atoms with E-state index in [9.17, 15) is 9.59 Å². The summed E-state index contributed by atoms with van der Waals surface area (Å²) >= 11 is 0. The van der Waals surface area contributed by atoms with Crippen molar-refractivity contribution in [1.29, 1.82) is 0 Å². The SMILES string of the molecule is CCN(C(=O)n1nnn(-c2ccc(N(C)C)cc2)c1=O)C1CCCCC1. The third-order valence-corrected chi connectivity index (χ3v) is 4.97. The predicted octanol–water partition coefficient (Wildman–Crippen LogP) is 2.12. The lowest BCUT2D eigenvalue weighted by molar-refractivity contribution is 0.157. The summed E-state index contributed by atoms with van der Waals surface area (Å²) in [4.78, 5) is 29.2. The molecular weight excluding hydrogens is 332 g/mol. The standard InChI is InChI=1S/C18H26N6O2/c1-4-22(15-8-6-5-7-9-15)17(25)24-18(26)23(19-20-24)16-12-10-14(11-13-16)21(2)3/h10-13,15H,4-9H2,1-3H3. The Bertz CT molecular complexity index is 802. The molecule has 2 aromatic rings. The second-order valence-corrected chi connectivity index (χ2v) is 6.86. The second kappa shape index (κ2) is 7.72. The van der Waals surface area contributed by atoms with Crippen molar-refractivity contribution >= 4 is 11.7 Å². The van der Waals surface area contributed by atoms with Crippen molar-refractivity contribution in [1.82, 2.24) is 24.7 Å². The van der Waals surface area contributed by atoms with Gasteiger partial charge < -0.3 is 9.80 Å². The van der Waals surface area contributed by atoms with Gasteiger partial charge in [0.15, 0.2) is 0 Å². The van der Waals surface area contributed by atoms with Crippen LogP contribution in [0.25, 0.3) is 5.69 Å². The lowest BCUT2D eigenvalue weighted by Gasteiger charge is -2.32. The van der Waals surface area contributed by atoms with Crippen LogP contribution in [0.4, 0.5) is 10.5 Å². The van der Waals surface area contributed by atoms with Crippen LogP contribution in [0.15, 0.2) is 29.1 Å². The first-order valence-electron chi connectivity index (χ1n) is 9.16. The van der Waals surface area contributed by atoms with Gasteiger partial charge in [-0.15, -0.1) is 4.68 Å². The van der Waals surface area contributed by atoms with Crippen LogP contribution >= 0.6 is 0 Å². The maximum atomic E-state index is 12.9. The van der Waals surface area contributed by atoms with Crippen LogP contribution in [0.2, 0.25) is 0 Å². The van der Waals surface area contributed by atoms with Gasteiger partial charge in [0.1, 0.15) is 0 Å². The summed E-state index contributed by atoms with van der Waals surface area (Å²) < 4.78 is 2.03. The van der Waals surface area contributed by atoms with E-state index in [1.165, 1.54) is 6.42 Å². The van der Waals surface area contributed by atoms with Gasteiger partial charge in [0.05, 0.1) is 5.69 Å². The number of amides is 1. The number of carbonyl (C=O) groups excluding carboxylic acids is 1. The Morgan fingerprint density at radius 1 is 1.12 bits per heavy atom. The molecule has 1 aliphatic carbocycles. The van der Waals surface area contributed by atoms with Gasteiger partial charge in [-0.3, -0.25) is 0 Å². The minimum absolute atomic E-state index is 0.178. The molecule has 0 saturated heterocycles. The molecule has 0 spiro atoms. The van der Waals surface area contributed by atoms with E-state index in [0.29, 0.717) is 12.2 Å². The lowest BCUT2D eigenvalue weighted by Crippen LogP contribution is -2.46. The molecule has 1 saturated carbocycles. The number of tetrazole rings is 1. The van der Waals surface area contributed by atoms with Crippen molar-refractivity contribution in [3.63, 3.8) is 0 Å². The fourth-order valence-corrected chi connectivity index (χ4v) is 3.48. The fourth-order valence-electron chi connectivity index (χ4n) is 3.48. The van der Waals surface area contributed by atoms with Gasteiger partial charge in [-0.05, 0) is 54.5 Å². The zero-order chi connectivity index (χ0) is 18.7. The van der Waals surface area contributed by atoms with Gasteiger partial charge >= 0.3 is 11.7 Å². The van der Waals surface area contributed by atoms with Crippen LogP contribution in [0.5, 0.6) is 0 Å². The van der Waals surface area contributed by atoms with E-state index in [-0.39, 0.29) is 12.1 Å². The van der Waals surface area contributed by atoms with Crippen molar-refractivity contribution < 1.29 is 4.79 Å². The van der Waals surface area contributed by atoms with Crippen molar-refractivity contribution in [2.24, 2.45) is 0 Å². The van der Waals surface area contributed by atoms with Gasteiger partial charge in [0.25, 0.3) is 0 Å². The Balaban J connectivity index is 1.85. The minimum atomic E-state index is -0.540. The van der Waals surface area contributed by atoms with Crippen LogP contribution in [0.3, 0.4) is 0 Å². The van der Waals surface area contributed by atoms with E-state index in [2.05, 4.69) is 10.4 Å². The Morgan fingerprint density at radius 3 is 2.35 bits per heavy atom. The molecule has 0 radical (unpaired) electrons. The second-order valence-electron chi connectivity index (χ2n) is 6.86. The smallest absolute Gasteiger partial charge is 0.377 e. The number of anilines is 1. The van der Waals surface area contributed by atoms with E-state index in [4.69, 9.17) is 0 Å². The monoisotopic (exact) mass is 358 g/mol. The number of aromatic nitrogens is 4. The number of hydrogen-bond donors (Lipinski definition) is 0. The van der Waals surface area contributed by atoms with Crippen LogP contribution in [0, 0.1) is 0 Å². The highest BCUT2D eigenvalue weighted by molar-refractivity contribution is 5.75. The van der Waals surface area contributed by atoms with Crippen molar-refractivity contribution in [3.05, 3.63) is 34.7 Å². The Morgan fingerprint density at radius 2 is 1.77 bits per heavy atom. The third kappa shape index (κ3) is 3.49. The summed E-state index contributed by atoms with van der Waals surface area (Å²) in [7, 11) is 3.89. The maximum absolute atomic E-state index is 12.9. The molecule has 140 valence electrons. The van der Waals surface area contributed by atoms with E-state index >= 15 is 0 Å². The van der Waals surface area contributed by atoms with Gasteiger partial charge in [-0.25, -0.2) is 9.59 Å². The average molecular weight is 358 g/mol. The number of carbonyl (C=O) groups is 1. The summed E-state index contributed by atoms with van der Waals surface area (Å²) in [5.74, 6) is 0. The van der Waals surface area contributed by atoms with Gasteiger partial charge in [-0.2, -0.15) is 4.68 Å². The molecule has 0 N–H and O–H groups in total. The molecule has 1 aromatic heterocycles. The Kier molecular flexibility index (Phi) is 5.39. The molecule has 3 rings (SSSR count). The normalized spacial score (nSPS) is 15.0. The number of benzene rings is 1. The molecule has 0 aliphatic heterocycles. The highest BCUT2D eigenvalue weighted by Crippen LogP contribution is 2.22.